The average molecular weight is 330 g/mol. The van der Waals surface area contributed by atoms with Gasteiger partial charge in [0, 0.05) is 25.6 Å². The topological polar surface area (TPSA) is 38.8 Å². The molecule has 1 heterocycles. The molecule has 0 saturated carbocycles. The largest absolute Gasteiger partial charge is 0.479 e. The fourth-order valence-electron chi connectivity index (χ4n) is 2.48. The summed E-state index contributed by atoms with van der Waals surface area (Å²) >= 11 is 5.92. The third-order valence-corrected chi connectivity index (χ3v) is 4.04. The van der Waals surface area contributed by atoms with Crippen LogP contribution < -0.4 is 4.74 Å². The van der Waals surface area contributed by atoms with Gasteiger partial charge in [0.25, 0.3) is 5.91 Å². The predicted octanol–water partition coefficient (Wildman–Crippen LogP) is 3.13. The Morgan fingerprint density at radius 3 is 2.95 bits per heavy atom. The van der Waals surface area contributed by atoms with Gasteiger partial charge in [-0.1, -0.05) is 11.6 Å². The van der Waals surface area contributed by atoms with Crippen LogP contribution in [-0.2, 0) is 9.53 Å². The van der Waals surface area contributed by atoms with E-state index in [0.717, 1.165) is 13.0 Å². The molecule has 1 aliphatic rings. The Balaban J connectivity index is 1.96. The number of hydrogen-bond acceptors (Lipinski definition) is 3. The molecule has 0 aromatic heterocycles. The number of carbonyl (C=O) groups is 1. The van der Waals surface area contributed by atoms with E-state index in [1.54, 1.807) is 11.8 Å². The molecule has 0 N–H and O–H groups in total. The summed E-state index contributed by atoms with van der Waals surface area (Å²) < 4.78 is 24.0. The number of ether oxygens (including phenoxy) is 2. The Bertz CT molecular complexity index is 520. The van der Waals surface area contributed by atoms with Gasteiger partial charge in [0.1, 0.15) is 11.6 Å². The number of likely N-dealkylation sites (N-methyl/N-ethyl adjacent to an activating group) is 1. The van der Waals surface area contributed by atoms with Gasteiger partial charge in [0.15, 0.2) is 6.10 Å². The number of rotatable bonds is 6. The van der Waals surface area contributed by atoms with Crippen molar-refractivity contribution in [2.75, 3.05) is 26.3 Å². The van der Waals surface area contributed by atoms with E-state index in [2.05, 4.69) is 0 Å². The number of carbonyl (C=O) groups excluding carboxylic acids is 1. The first-order valence-corrected chi connectivity index (χ1v) is 7.87. The van der Waals surface area contributed by atoms with E-state index >= 15 is 0 Å². The summed E-state index contributed by atoms with van der Waals surface area (Å²) in [5, 5.41) is 0.159. The molecule has 122 valence electrons. The molecular weight excluding hydrogens is 309 g/mol. The monoisotopic (exact) mass is 329 g/mol. The van der Waals surface area contributed by atoms with Crippen molar-refractivity contribution in [1.29, 1.82) is 0 Å². The first-order chi connectivity index (χ1) is 10.5. The van der Waals surface area contributed by atoms with Gasteiger partial charge in [-0.05, 0) is 38.5 Å². The predicted molar refractivity (Wildman–Crippen MR) is 82.7 cm³/mol. The van der Waals surface area contributed by atoms with Gasteiger partial charge in [-0.2, -0.15) is 0 Å². The molecule has 0 radical (unpaired) electrons. The first kappa shape index (κ1) is 17.0. The van der Waals surface area contributed by atoms with Gasteiger partial charge in [0.2, 0.25) is 0 Å². The lowest BCUT2D eigenvalue weighted by Gasteiger charge is -2.27. The molecule has 1 aliphatic heterocycles. The van der Waals surface area contributed by atoms with Crippen LogP contribution in [0.1, 0.15) is 20.3 Å². The van der Waals surface area contributed by atoms with E-state index in [4.69, 9.17) is 21.1 Å². The summed E-state index contributed by atoms with van der Waals surface area (Å²) in [6.07, 6.45) is 0.299. The van der Waals surface area contributed by atoms with Gasteiger partial charge in [-0.25, -0.2) is 4.39 Å². The first-order valence-electron chi connectivity index (χ1n) is 7.49. The molecule has 1 saturated heterocycles. The SMILES string of the molecule is CCN(C[C@H]1CCOC1)C(=O)[C@H](C)Oc1ccc(F)cc1Cl. The van der Waals surface area contributed by atoms with Gasteiger partial charge in [-0.3, -0.25) is 4.79 Å². The molecule has 0 aliphatic carbocycles. The molecule has 1 aromatic carbocycles. The second-order valence-electron chi connectivity index (χ2n) is 5.44. The number of benzene rings is 1. The molecule has 1 aromatic rings. The fraction of sp³-hybridized carbons (Fsp3) is 0.562. The zero-order valence-electron chi connectivity index (χ0n) is 12.9. The molecule has 22 heavy (non-hydrogen) atoms. The highest BCUT2D eigenvalue weighted by atomic mass is 35.5. The molecule has 0 unspecified atom stereocenters. The molecule has 0 spiro atoms. The molecule has 2 rings (SSSR count). The summed E-state index contributed by atoms with van der Waals surface area (Å²) in [6, 6.07) is 3.86. The summed E-state index contributed by atoms with van der Waals surface area (Å²) in [5.41, 5.74) is 0. The van der Waals surface area contributed by atoms with Crippen LogP contribution in [0.4, 0.5) is 4.39 Å². The quantitative estimate of drug-likeness (QED) is 0.805. The smallest absolute Gasteiger partial charge is 0.263 e. The van der Waals surface area contributed by atoms with E-state index in [9.17, 15) is 9.18 Å². The normalized spacial score (nSPS) is 19.0. The van der Waals surface area contributed by atoms with Crippen molar-refractivity contribution in [3.8, 4) is 5.75 Å². The molecule has 4 nitrogen and oxygen atoms in total. The molecule has 1 amide bonds. The van der Waals surface area contributed by atoms with Crippen LogP contribution in [-0.4, -0.2) is 43.2 Å². The van der Waals surface area contributed by atoms with Crippen molar-refractivity contribution in [2.24, 2.45) is 5.92 Å². The fourth-order valence-corrected chi connectivity index (χ4v) is 2.69. The Labute approximate surface area is 135 Å². The van der Waals surface area contributed by atoms with E-state index in [1.165, 1.54) is 18.2 Å². The van der Waals surface area contributed by atoms with Crippen LogP contribution in [0.2, 0.25) is 5.02 Å². The zero-order valence-corrected chi connectivity index (χ0v) is 13.6. The Morgan fingerprint density at radius 2 is 2.36 bits per heavy atom. The van der Waals surface area contributed by atoms with E-state index < -0.39 is 11.9 Å². The van der Waals surface area contributed by atoms with Crippen LogP contribution in [0.3, 0.4) is 0 Å². The zero-order chi connectivity index (χ0) is 16.1. The highest BCUT2D eigenvalue weighted by molar-refractivity contribution is 6.32. The third-order valence-electron chi connectivity index (χ3n) is 3.74. The Morgan fingerprint density at radius 1 is 1.59 bits per heavy atom. The van der Waals surface area contributed by atoms with E-state index in [1.807, 2.05) is 6.92 Å². The van der Waals surface area contributed by atoms with Gasteiger partial charge in [0.05, 0.1) is 11.6 Å². The third kappa shape index (κ3) is 4.34. The molecule has 6 heteroatoms. The minimum atomic E-state index is -0.676. The van der Waals surface area contributed by atoms with Crippen LogP contribution >= 0.6 is 11.6 Å². The maximum atomic E-state index is 13.0. The van der Waals surface area contributed by atoms with Gasteiger partial charge in [-0.15, -0.1) is 0 Å². The molecule has 2 atom stereocenters. The minimum Gasteiger partial charge on any atom is -0.479 e. The van der Waals surface area contributed by atoms with Crippen molar-refractivity contribution in [1.82, 2.24) is 4.90 Å². The van der Waals surface area contributed by atoms with Crippen LogP contribution in [0.15, 0.2) is 18.2 Å². The Hall–Kier alpha value is -1.33. The highest BCUT2D eigenvalue weighted by Crippen LogP contribution is 2.26. The lowest BCUT2D eigenvalue weighted by Crippen LogP contribution is -2.43. The lowest BCUT2D eigenvalue weighted by molar-refractivity contribution is -0.138. The molecule has 0 bridgehead atoms. The lowest BCUT2D eigenvalue weighted by atomic mass is 10.1. The second-order valence-corrected chi connectivity index (χ2v) is 5.85. The van der Waals surface area contributed by atoms with E-state index in [0.29, 0.717) is 31.4 Å². The van der Waals surface area contributed by atoms with Crippen molar-refractivity contribution >= 4 is 17.5 Å². The van der Waals surface area contributed by atoms with Crippen LogP contribution in [0.25, 0.3) is 0 Å². The Kier molecular flexibility index (Phi) is 6.03. The number of hydrogen-bond donors (Lipinski definition) is 0. The van der Waals surface area contributed by atoms with Crippen molar-refractivity contribution in [3.63, 3.8) is 0 Å². The van der Waals surface area contributed by atoms with Gasteiger partial charge < -0.3 is 14.4 Å². The maximum absolute atomic E-state index is 13.0. The van der Waals surface area contributed by atoms with Crippen LogP contribution in [0.5, 0.6) is 5.75 Å². The molecule has 1 fully saturated rings. The van der Waals surface area contributed by atoms with Crippen molar-refractivity contribution in [2.45, 2.75) is 26.4 Å². The second kappa shape index (κ2) is 7.79. The molecular formula is C16H21ClFNO3. The summed E-state index contributed by atoms with van der Waals surface area (Å²) in [7, 11) is 0. The minimum absolute atomic E-state index is 0.102. The summed E-state index contributed by atoms with van der Waals surface area (Å²) in [4.78, 5) is 14.3. The summed E-state index contributed by atoms with van der Waals surface area (Å²) in [5.74, 6) is 0.150. The number of amides is 1. The number of nitrogens with zero attached hydrogens (tertiary/aromatic N) is 1. The van der Waals surface area contributed by atoms with Gasteiger partial charge >= 0.3 is 0 Å². The standard InChI is InChI=1S/C16H21ClFNO3/c1-3-19(9-12-6-7-21-10-12)16(20)11(2)22-15-5-4-13(18)8-14(15)17/h4-5,8,11-12H,3,6-7,9-10H2,1-2H3/t11-,12+/m0/s1. The number of halogens is 2. The maximum Gasteiger partial charge on any atom is 0.263 e. The average Bonchev–Trinajstić information content (AvgIpc) is 3.00. The summed E-state index contributed by atoms with van der Waals surface area (Å²) in [6.45, 7) is 6.35. The van der Waals surface area contributed by atoms with E-state index in [-0.39, 0.29) is 10.9 Å². The van der Waals surface area contributed by atoms with Crippen molar-refractivity contribution < 1.29 is 18.7 Å². The van der Waals surface area contributed by atoms with Crippen molar-refractivity contribution in [3.05, 3.63) is 29.0 Å². The highest BCUT2D eigenvalue weighted by Gasteiger charge is 2.26. The van der Waals surface area contributed by atoms with Crippen LogP contribution in [0, 0.1) is 11.7 Å².